The average Bonchev–Trinajstić information content (AvgIpc) is 3.26. The molecular formula is C19H27NO3. The van der Waals surface area contributed by atoms with Crippen molar-refractivity contribution in [2.75, 3.05) is 19.8 Å². The van der Waals surface area contributed by atoms with Gasteiger partial charge in [-0.15, -0.1) is 0 Å². The van der Waals surface area contributed by atoms with Crippen LogP contribution in [0.2, 0.25) is 0 Å². The maximum atomic E-state index is 12.2. The molecule has 0 radical (unpaired) electrons. The number of hydrogen-bond donors (Lipinski definition) is 1. The summed E-state index contributed by atoms with van der Waals surface area (Å²) in [4.78, 5) is 14.6. The largest absolute Gasteiger partial charge is 0.504 e. The molecule has 1 heterocycles. The minimum Gasteiger partial charge on any atom is -0.504 e. The van der Waals surface area contributed by atoms with Gasteiger partial charge in [-0.2, -0.15) is 0 Å². The van der Waals surface area contributed by atoms with Crippen LogP contribution in [0.15, 0.2) is 23.0 Å². The van der Waals surface area contributed by atoms with Crippen LogP contribution < -0.4 is 5.43 Å². The molecule has 23 heavy (non-hydrogen) atoms. The Balaban J connectivity index is 1.80. The summed E-state index contributed by atoms with van der Waals surface area (Å²) in [6.45, 7) is 7.45. The van der Waals surface area contributed by atoms with E-state index in [9.17, 15) is 9.90 Å². The summed E-state index contributed by atoms with van der Waals surface area (Å²) in [5.74, 6) is 0.760. The normalized spacial score (nSPS) is 21.3. The molecule has 2 aliphatic rings. The van der Waals surface area contributed by atoms with Crippen LogP contribution in [0, 0.1) is 5.92 Å². The van der Waals surface area contributed by atoms with Crippen molar-refractivity contribution in [3.8, 4) is 5.75 Å². The van der Waals surface area contributed by atoms with E-state index in [0.717, 1.165) is 37.3 Å². The smallest absolute Gasteiger partial charge is 0.220 e. The highest BCUT2D eigenvalue weighted by molar-refractivity contribution is 5.34. The van der Waals surface area contributed by atoms with E-state index in [2.05, 4.69) is 18.7 Å². The summed E-state index contributed by atoms with van der Waals surface area (Å²) in [6, 6.07) is 6.06. The van der Waals surface area contributed by atoms with Gasteiger partial charge in [0.15, 0.2) is 5.75 Å². The third-order valence-corrected chi connectivity index (χ3v) is 4.93. The molecule has 1 aromatic rings. The van der Waals surface area contributed by atoms with Gasteiger partial charge in [0, 0.05) is 31.3 Å². The molecule has 1 N–H and O–H groups in total. The lowest BCUT2D eigenvalue weighted by molar-refractivity contribution is 0.161. The quantitative estimate of drug-likeness (QED) is 0.876. The predicted octanol–water partition coefficient (Wildman–Crippen LogP) is 2.88. The molecule has 2 fully saturated rings. The fourth-order valence-electron chi connectivity index (χ4n) is 3.25. The highest BCUT2D eigenvalue weighted by Crippen LogP contribution is 2.31. The van der Waals surface area contributed by atoms with E-state index < -0.39 is 0 Å². The summed E-state index contributed by atoms with van der Waals surface area (Å²) in [7, 11) is 0. The number of aromatic hydroxyl groups is 1. The third-order valence-electron chi connectivity index (χ3n) is 4.93. The molecule has 1 atom stereocenters. The molecule has 0 amide bonds. The molecule has 0 bridgehead atoms. The Labute approximate surface area is 138 Å². The Kier molecular flexibility index (Phi) is 5.02. The lowest BCUT2D eigenvalue weighted by Crippen LogP contribution is -2.31. The Morgan fingerprint density at radius 3 is 2.70 bits per heavy atom. The number of hydrogen-bond acceptors (Lipinski definition) is 4. The van der Waals surface area contributed by atoms with Gasteiger partial charge in [-0.05, 0) is 42.7 Å². The van der Waals surface area contributed by atoms with Crippen LogP contribution >= 0.6 is 0 Å². The second-order valence-corrected chi connectivity index (χ2v) is 7.26. The van der Waals surface area contributed by atoms with Gasteiger partial charge in [-0.25, -0.2) is 0 Å². The zero-order chi connectivity index (χ0) is 16.4. The van der Waals surface area contributed by atoms with Gasteiger partial charge in [0.05, 0.1) is 6.61 Å². The van der Waals surface area contributed by atoms with Gasteiger partial charge in [0.25, 0.3) is 0 Å². The highest BCUT2D eigenvalue weighted by Gasteiger charge is 2.32. The van der Waals surface area contributed by atoms with Crippen LogP contribution in [-0.4, -0.2) is 35.8 Å². The van der Waals surface area contributed by atoms with Gasteiger partial charge < -0.3 is 9.84 Å². The fraction of sp³-hybridized carbons (Fsp3) is 0.632. The molecule has 4 heteroatoms. The Morgan fingerprint density at radius 2 is 2.09 bits per heavy atom. The third kappa shape index (κ3) is 4.12. The summed E-state index contributed by atoms with van der Waals surface area (Å²) < 4.78 is 5.48. The Morgan fingerprint density at radius 1 is 1.30 bits per heavy atom. The molecule has 1 saturated heterocycles. The van der Waals surface area contributed by atoms with E-state index in [0.29, 0.717) is 18.5 Å². The van der Waals surface area contributed by atoms with Crippen molar-refractivity contribution in [3.05, 3.63) is 39.5 Å². The van der Waals surface area contributed by atoms with Crippen LogP contribution in [0.3, 0.4) is 0 Å². The molecule has 1 saturated carbocycles. The lowest BCUT2D eigenvalue weighted by Gasteiger charge is -2.24. The maximum Gasteiger partial charge on any atom is 0.220 e. The summed E-state index contributed by atoms with van der Waals surface area (Å²) in [6.07, 6.45) is 3.55. The first-order valence-corrected chi connectivity index (χ1v) is 8.72. The first kappa shape index (κ1) is 16.5. The van der Waals surface area contributed by atoms with E-state index >= 15 is 0 Å². The summed E-state index contributed by atoms with van der Waals surface area (Å²) in [5.41, 5.74) is 1.44. The van der Waals surface area contributed by atoms with E-state index in [1.165, 1.54) is 12.8 Å². The van der Waals surface area contributed by atoms with E-state index in [1.807, 2.05) is 12.1 Å². The van der Waals surface area contributed by atoms with Crippen molar-refractivity contribution in [1.29, 1.82) is 0 Å². The zero-order valence-electron chi connectivity index (χ0n) is 14.1. The first-order chi connectivity index (χ1) is 11.0. The predicted molar refractivity (Wildman–Crippen MR) is 90.8 cm³/mol. The van der Waals surface area contributed by atoms with Crippen LogP contribution in [-0.2, 0) is 11.3 Å². The average molecular weight is 317 g/mol. The lowest BCUT2D eigenvalue weighted by atomic mass is 10.1. The molecule has 1 aliphatic carbocycles. The molecule has 0 unspecified atom stereocenters. The van der Waals surface area contributed by atoms with E-state index in [4.69, 9.17) is 4.74 Å². The first-order valence-electron chi connectivity index (χ1n) is 8.72. The fourth-order valence-corrected chi connectivity index (χ4v) is 3.25. The monoisotopic (exact) mass is 317 g/mol. The zero-order valence-corrected chi connectivity index (χ0v) is 14.1. The van der Waals surface area contributed by atoms with Gasteiger partial charge in [-0.3, -0.25) is 9.69 Å². The van der Waals surface area contributed by atoms with Crippen LogP contribution in [0.1, 0.15) is 50.2 Å². The minimum absolute atomic E-state index is 0.0924. The molecule has 4 nitrogen and oxygen atoms in total. The van der Waals surface area contributed by atoms with Crippen LogP contribution in [0.4, 0.5) is 0 Å². The SMILES string of the molecule is CC(C)c1ccc(CN(C[C@@H]2CCOC2)C2CC2)c(O)c(=O)c1. The molecule has 126 valence electrons. The highest BCUT2D eigenvalue weighted by atomic mass is 16.5. The molecule has 0 spiro atoms. The van der Waals surface area contributed by atoms with Gasteiger partial charge in [0.1, 0.15) is 0 Å². The molecule has 0 aromatic heterocycles. The standard InChI is InChI=1S/C19H27NO3/c1-13(2)15-3-4-16(19(22)18(21)9-15)11-20(17-5-6-17)10-14-7-8-23-12-14/h3-4,9,13-14,17H,5-8,10-12H2,1-2H3,(H,21,22)/t14-/m0/s1. The Hall–Kier alpha value is -1.39. The van der Waals surface area contributed by atoms with Crippen molar-refractivity contribution in [2.24, 2.45) is 5.92 Å². The minimum atomic E-state index is -0.270. The van der Waals surface area contributed by atoms with Gasteiger partial charge >= 0.3 is 0 Å². The molecular weight excluding hydrogens is 290 g/mol. The molecule has 1 aliphatic heterocycles. The number of nitrogens with zero attached hydrogens (tertiary/aromatic N) is 1. The van der Waals surface area contributed by atoms with Gasteiger partial charge in [0.2, 0.25) is 5.43 Å². The van der Waals surface area contributed by atoms with Crippen molar-refractivity contribution in [3.63, 3.8) is 0 Å². The van der Waals surface area contributed by atoms with Crippen LogP contribution in [0.5, 0.6) is 5.75 Å². The second kappa shape index (κ2) is 7.02. The number of ether oxygens (including phenoxy) is 1. The van der Waals surface area contributed by atoms with Crippen LogP contribution in [0.25, 0.3) is 0 Å². The maximum absolute atomic E-state index is 12.2. The Bertz CT molecular complexity index is 604. The topological polar surface area (TPSA) is 49.8 Å². The van der Waals surface area contributed by atoms with E-state index in [-0.39, 0.29) is 17.1 Å². The molecule has 3 rings (SSSR count). The van der Waals surface area contributed by atoms with Gasteiger partial charge in [-0.1, -0.05) is 26.0 Å². The summed E-state index contributed by atoms with van der Waals surface area (Å²) >= 11 is 0. The summed E-state index contributed by atoms with van der Waals surface area (Å²) in [5, 5.41) is 10.3. The van der Waals surface area contributed by atoms with Crippen molar-refractivity contribution in [1.82, 2.24) is 4.90 Å². The number of rotatable bonds is 6. The van der Waals surface area contributed by atoms with Crippen molar-refractivity contribution >= 4 is 0 Å². The second-order valence-electron chi connectivity index (χ2n) is 7.26. The molecule has 1 aromatic carbocycles. The van der Waals surface area contributed by atoms with Crippen molar-refractivity contribution in [2.45, 2.75) is 51.6 Å². The van der Waals surface area contributed by atoms with E-state index in [1.54, 1.807) is 6.07 Å². The van der Waals surface area contributed by atoms with Crippen molar-refractivity contribution < 1.29 is 9.84 Å².